The highest BCUT2D eigenvalue weighted by molar-refractivity contribution is 6.09. The van der Waals surface area contributed by atoms with Crippen molar-refractivity contribution in [2.45, 2.75) is 13.3 Å². The number of carbonyl (C=O) groups excluding carboxylic acids is 2. The smallest absolute Gasteiger partial charge is 0.340 e. The number of hydrogen-bond acceptors (Lipinski definition) is 5. The van der Waals surface area contributed by atoms with E-state index in [1.165, 1.54) is 5.56 Å². The number of fused-ring (bicyclic) bond motifs is 1. The molecule has 0 fully saturated rings. The predicted molar refractivity (Wildman–Crippen MR) is 102 cm³/mol. The molecule has 1 amide bonds. The van der Waals surface area contributed by atoms with Crippen LogP contribution in [0.25, 0.3) is 0 Å². The van der Waals surface area contributed by atoms with Crippen molar-refractivity contribution in [2.75, 3.05) is 23.4 Å². The number of nitriles is 1. The highest BCUT2D eigenvalue weighted by Gasteiger charge is 2.20. The van der Waals surface area contributed by atoms with Gasteiger partial charge in [0.1, 0.15) is 11.6 Å². The fourth-order valence-corrected chi connectivity index (χ4v) is 2.96. The van der Waals surface area contributed by atoms with Gasteiger partial charge in [0.05, 0.1) is 17.9 Å². The molecule has 0 atom stereocenters. The number of ether oxygens (including phenoxy) is 1. The van der Waals surface area contributed by atoms with E-state index in [0.717, 1.165) is 12.1 Å². The maximum Gasteiger partial charge on any atom is 0.340 e. The van der Waals surface area contributed by atoms with Gasteiger partial charge in [-0.15, -0.1) is 0 Å². The minimum atomic E-state index is -0.571. The molecule has 1 aliphatic rings. The number of carbonyl (C=O) groups is 2. The Hall–Kier alpha value is -3.59. The van der Waals surface area contributed by atoms with Crippen LogP contribution in [0.1, 0.15) is 22.8 Å². The van der Waals surface area contributed by atoms with E-state index in [-0.39, 0.29) is 17.7 Å². The maximum atomic E-state index is 12.6. The van der Waals surface area contributed by atoms with Crippen molar-refractivity contribution in [2.24, 2.45) is 0 Å². The second-order valence-electron chi connectivity index (χ2n) is 5.95. The van der Waals surface area contributed by atoms with Crippen LogP contribution in [-0.4, -0.2) is 25.0 Å². The van der Waals surface area contributed by atoms with Crippen molar-refractivity contribution in [1.82, 2.24) is 0 Å². The van der Waals surface area contributed by atoms with E-state index in [1.807, 2.05) is 35.2 Å². The van der Waals surface area contributed by atoms with Crippen LogP contribution in [0.15, 0.2) is 60.3 Å². The number of nitrogens with one attached hydrogen (secondary N) is 1. The van der Waals surface area contributed by atoms with Crippen molar-refractivity contribution in [3.05, 3.63) is 71.4 Å². The van der Waals surface area contributed by atoms with Gasteiger partial charge in [0, 0.05) is 18.4 Å². The molecule has 136 valence electrons. The first-order valence-electron chi connectivity index (χ1n) is 8.68. The number of amides is 1. The SMILES string of the molecule is CCOC(=O)c1ccccc1NC(=O)/C(C#N)=C\N1CCc2ccccc21. The Morgan fingerprint density at radius 2 is 1.96 bits per heavy atom. The standard InChI is InChI=1S/C21H19N3O3/c1-2-27-21(26)17-8-4-5-9-18(17)23-20(25)16(13-22)14-24-12-11-15-7-3-6-10-19(15)24/h3-10,14H,2,11-12H2,1H3,(H,23,25)/b16-14-. The van der Waals surface area contributed by atoms with Crippen LogP contribution >= 0.6 is 0 Å². The van der Waals surface area contributed by atoms with Crippen LogP contribution in [0.2, 0.25) is 0 Å². The number of hydrogen-bond donors (Lipinski definition) is 1. The number of anilines is 2. The predicted octanol–water partition coefficient (Wildman–Crippen LogP) is 3.27. The average Bonchev–Trinajstić information content (AvgIpc) is 3.09. The van der Waals surface area contributed by atoms with Gasteiger partial charge in [-0.05, 0) is 37.1 Å². The lowest BCUT2D eigenvalue weighted by Gasteiger charge is -2.15. The van der Waals surface area contributed by atoms with Gasteiger partial charge >= 0.3 is 5.97 Å². The molecule has 0 radical (unpaired) electrons. The van der Waals surface area contributed by atoms with E-state index in [4.69, 9.17) is 4.74 Å². The zero-order chi connectivity index (χ0) is 19.2. The lowest BCUT2D eigenvalue weighted by molar-refractivity contribution is -0.112. The Morgan fingerprint density at radius 1 is 1.22 bits per heavy atom. The molecule has 6 nitrogen and oxygen atoms in total. The largest absolute Gasteiger partial charge is 0.462 e. The molecule has 0 aliphatic carbocycles. The zero-order valence-corrected chi connectivity index (χ0v) is 14.9. The summed E-state index contributed by atoms with van der Waals surface area (Å²) in [4.78, 5) is 26.5. The summed E-state index contributed by atoms with van der Waals surface area (Å²) in [5.41, 5.74) is 2.69. The van der Waals surface area contributed by atoms with Gasteiger partial charge in [-0.2, -0.15) is 5.26 Å². The van der Waals surface area contributed by atoms with Crippen LogP contribution < -0.4 is 10.2 Å². The first-order valence-corrected chi connectivity index (χ1v) is 8.68. The van der Waals surface area contributed by atoms with Crippen molar-refractivity contribution in [3.63, 3.8) is 0 Å². The molecule has 0 saturated carbocycles. The fourth-order valence-electron chi connectivity index (χ4n) is 2.96. The third-order valence-electron chi connectivity index (χ3n) is 4.24. The van der Waals surface area contributed by atoms with Gasteiger partial charge in [0.15, 0.2) is 0 Å². The Labute approximate surface area is 157 Å². The second-order valence-corrected chi connectivity index (χ2v) is 5.95. The first-order chi connectivity index (χ1) is 13.1. The van der Waals surface area contributed by atoms with E-state index in [9.17, 15) is 14.9 Å². The van der Waals surface area contributed by atoms with Crippen LogP contribution in [0.3, 0.4) is 0 Å². The summed E-state index contributed by atoms with van der Waals surface area (Å²) in [6, 6.07) is 16.4. The number of esters is 1. The fraction of sp³-hybridized carbons (Fsp3) is 0.190. The van der Waals surface area contributed by atoms with Gasteiger partial charge in [-0.1, -0.05) is 30.3 Å². The normalized spacial score (nSPS) is 12.9. The molecule has 1 heterocycles. The Bertz CT molecular complexity index is 944. The number of rotatable bonds is 5. The van der Waals surface area contributed by atoms with Crippen molar-refractivity contribution < 1.29 is 14.3 Å². The highest BCUT2D eigenvalue weighted by Crippen LogP contribution is 2.28. The van der Waals surface area contributed by atoms with Gasteiger partial charge in [-0.25, -0.2) is 4.79 Å². The molecular weight excluding hydrogens is 342 g/mol. The lowest BCUT2D eigenvalue weighted by Crippen LogP contribution is -2.20. The van der Waals surface area contributed by atoms with Crippen LogP contribution in [0, 0.1) is 11.3 Å². The van der Waals surface area contributed by atoms with Crippen molar-refractivity contribution in [3.8, 4) is 6.07 Å². The first kappa shape index (κ1) is 18.2. The summed E-state index contributed by atoms with van der Waals surface area (Å²) in [5, 5.41) is 12.1. The topological polar surface area (TPSA) is 82.4 Å². The summed E-state index contributed by atoms with van der Waals surface area (Å²) in [6.45, 7) is 2.65. The second kappa shape index (κ2) is 8.19. The third-order valence-corrected chi connectivity index (χ3v) is 4.24. The van der Waals surface area contributed by atoms with Gasteiger partial charge in [0.25, 0.3) is 5.91 Å². The molecule has 2 aromatic carbocycles. The Kier molecular flexibility index (Phi) is 5.53. The van der Waals surface area contributed by atoms with Crippen molar-refractivity contribution >= 4 is 23.3 Å². The lowest BCUT2D eigenvalue weighted by atomic mass is 10.1. The number of nitrogens with zero attached hydrogens (tertiary/aromatic N) is 2. The van der Waals surface area contributed by atoms with E-state index in [1.54, 1.807) is 37.4 Å². The molecule has 0 aromatic heterocycles. The minimum Gasteiger partial charge on any atom is -0.462 e. The summed E-state index contributed by atoms with van der Waals surface area (Å²) < 4.78 is 5.01. The molecule has 1 aliphatic heterocycles. The van der Waals surface area contributed by atoms with Gasteiger partial charge in [0.2, 0.25) is 0 Å². The molecule has 3 rings (SSSR count). The van der Waals surface area contributed by atoms with Crippen LogP contribution in [0.4, 0.5) is 11.4 Å². The molecule has 0 saturated heterocycles. The Morgan fingerprint density at radius 3 is 2.74 bits per heavy atom. The van der Waals surface area contributed by atoms with E-state index < -0.39 is 11.9 Å². The van der Waals surface area contributed by atoms with E-state index in [2.05, 4.69) is 5.32 Å². The molecule has 2 aromatic rings. The van der Waals surface area contributed by atoms with Crippen LogP contribution in [-0.2, 0) is 16.0 Å². The molecule has 27 heavy (non-hydrogen) atoms. The summed E-state index contributed by atoms with van der Waals surface area (Å²) in [6.07, 6.45) is 2.41. The summed E-state index contributed by atoms with van der Waals surface area (Å²) in [5.74, 6) is -1.09. The monoisotopic (exact) mass is 361 g/mol. The molecule has 0 bridgehead atoms. The van der Waals surface area contributed by atoms with Crippen molar-refractivity contribution in [1.29, 1.82) is 5.26 Å². The zero-order valence-electron chi connectivity index (χ0n) is 14.9. The number of para-hydroxylation sites is 2. The molecule has 6 heteroatoms. The van der Waals surface area contributed by atoms with E-state index >= 15 is 0 Å². The summed E-state index contributed by atoms with van der Waals surface area (Å²) >= 11 is 0. The van der Waals surface area contributed by atoms with Crippen LogP contribution in [0.5, 0.6) is 0 Å². The maximum absolute atomic E-state index is 12.6. The molecular formula is C21H19N3O3. The molecule has 0 spiro atoms. The Balaban J connectivity index is 1.82. The van der Waals surface area contributed by atoms with Gasteiger partial charge < -0.3 is 15.0 Å². The molecule has 0 unspecified atom stereocenters. The highest BCUT2D eigenvalue weighted by atomic mass is 16.5. The van der Waals surface area contributed by atoms with E-state index in [0.29, 0.717) is 12.2 Å². The summed E-state index contributed by atoms with van der Waals surface area (Å²) in [7, 11) is 0. The third kappa shape index (κ3) is 3.98. The average molecular weight is 361 g/mol. The quantitative estimate of drug-likeness (QED) is 0.502. The molecule has 1 N–H and O–H groups in total. The van der Waals surface area contributed by atoms with Gasteiger partial charge in [-0.3, -0.25) is 4.79 Å². The minimum absolute atomic E-state index is 0.0367. The number of benzene rings is 2.